The molecule has 1 heterocycles. The van der Waals surface area contributed by atoms with E-state index in [9.17, 15) is 4.79 Å². The summed E-state index contributed by atoms with van der Waals surface area (Å²) in [7, 11) is 0. The van der Waals surface area contributed by atoms with Crippen LogP contribution in [0.15, 0.2) is 48.7 Å². The molecular formula is C16H10N2O2. The molecule has 0 saturated heterocycles. The maximum Gasteiger partial charge on any atom is 0.356 e. The van der Waals surface area contributed by atoms with E-state index in [2.05, 4.69) is 28.2 Å². The van der Waals surface area contributed by atoms with Gasteiger partial charge >= 0.3 is 5.97 Å². The molecule has 0 aliphatic carbocycles. The smallest absolute Gasteiger partial charge is 0.356 e. The van der Waals surface area contributed by atoms with Crippen LogP contribution < -0.4 is 0 Å². The summed E-state index contributed by atoms with van der Waals surface area (Å²) in [6, 6.07) is 14.1. The van der Waals surface area contributed by atoms with Crippen molar-refractivity contribution < 1.29 is 9.90 Å². The summed E-state index contributed by atoms with van der Waals surface area (Å²) in [4.78, 5) is 18.2. The first-order valence-corrected chi connectivity index (χ1v) is 6.27. The third-order valence-electron chi connectivity index (χ3n) is 3.61. The van der Waals surface area contributed by atoms with Crippen molar-refractivity contribution in [1.29, 1.82) is 0 Å². The second-order valence-corrected chi connectivity index (χ2v) is 4.74. The Kier molecular flexibility index (Phi) is 2.09. The van der Waals surface area contributed by atoms with E-state index >= 15 is 0 Å². The lowest BCUT2D eigenvalue weighted by molar-refractivity contribution is 0.0690. The fraction of sp³-hybridized carbons (Fsp3) is 0. The van der Waals surface area contributed by atoms with Crippen LogP contribution in [0.3, 0.4) is 0 Å². The molecular weight excluding hydrogens is 252 g/mol. The van der Waals surface area contributed by atoms with Gasteiger partial charge < -0.3 is 10.1 Å². The Balaban J connectivity index is 2.15. The highest BCUT2D eigenvalue weighted by Crippen LogP contribution is 2.30. The summed E-state index contributed by atoms with van der Waals surface area (Å²) in [5.41, 5.74) is 1.53. The van der Waals surface area contributed by atoms with Crippen LogP contribution in [0.2, 0.25) is 0 Å². The van der Waals surface area contributed by atoms with Gasteiger partial charge in [-0.05, 0) is 22.2 Å². The summed E-state index contributed by atoms with van der Waals surface area (Å²) in [5.74, 6) is -1.03. The number of fused-ring (bicyclic) bond motifs is 5. The number of carboxylic acid groups (broad SMARTS) is 1. The quantitative estimate of drug-likeness (QED) is 0.515. The molecule has 4 aromatic rings. The number of benzene rings is 2. The molecule has 0 saturated carbocycles. The zero-order valence-corrected chi connectivity index (χ0v) is 10.4. The molecule has 4 rings (SSSR count). The monoisotopic (exact) mass is 262 g/mol. The summed E-state index contributed by atoms with van der Waals surface area (Å²) < 4.78 is 0. The zero-order chi connectivity index (χ0) is 13.7. The molecule has 0 aliphatic rings. The standard InChI is InChI=1S/C16H10N2O2/c19-16(20)14-8-17-15-12-5-4-9-2-1-3-10(9)11(12)6-7-13(15)18-14/h1-8,17H,(H,19,20). The van der Waals surface area contributed by atoms with Crippen molar-refractivity contribution >= 4 is 38.5 Å². The van der Waals surface area contributed by atoms with E-state index in [1.54, 1.807) is 0 Å². The first kappa shape index (κ1) is 11.0. The van der Waals surface area contributed by atoms with Crippen molar-refractivity contribution in [3.05, 3.63) is 54.4 Å². The Morgan fingerprint density at radius 1 is 1.00 bits per heavy atom. The Labute approximate surface area is 113 Å². The molecule has 0 radical (unpaired) electrons. The molecule has 3 aromatic carbocycles. The number of nitrogens with one attached hydrogen (secondary N) is 1. The number of rotatable bonds is 1. The number of hydrogen-bond acceptors (Lipinski definition) is 2. The molecule has 0 atom stereocenters. The normalized spacial score (nSPS) is 11.4. The van der Waals surface area contributed by atoms with Crippen molar-refractivity contribution in [2.45, 2.75) is 0 Å². The van der Waals surface area contributed by atoms with Crippen LogP contribution in [0.25, 0.3) is 32.6 Å². The molecule has 0 bridgehead atoms. The SMILES string of the molecule is O=C(O)c1c[nH]c2c(ccc3c4cccc4ccc32)n1. The van der Waals surface area contributed by atoms with E-state index in [1.807, 2.05) is 24.3 Å². The van der Waals surface area contributed by atoms with E-state index in [0.29, 0.717) is 5.52 Å². The van der Waals surface area contributed by atoms with Crippen molar-refractivity contribution in [2.75, 3.05) is 0 Å². The highest BCUT2D eigenvalue weighted by Gasteiger charge is 2.09. The van der Waals surface area contributed by atoms with Crippen LogP contribution in [-0.2, 0) is 0 Å². The molecule has 0 aliphatic heterocycles. The van der Waals surface area contributed by atoms with Crippen molar-refractivity contribution in [2.24, 2.45) is 0 Å². The molecule has 0 amide bonds. The van der Waals surface area contributed by atoms with E-state index in [4.69, 9.17) is 5.11 Å². The highest BCUT2D eigenvalue weighted by molar-refractivity contribution is 6.15. The number of nitrogens with zero attached hydrogens (tertiary/aromatic N) is 1. The van der Waals surface area contributed by atoms with E-state index < -0.39 is 5.97 Å². The number of aromatic carboxylic acids is 1. The lowest BCUT2D eigenvalue weighted by Gasteiger charge is -2.06. The predicted molar refractivity (Wildman–Crippen MR) is 78.1 cm³/mol. The third kappa shape index (κ3) is 1.42. The van der Waals surface area contributed by atoms with Gasteiger partial charge in [0, 0.05) is 11.6 Å². The molecule has 0 fully saturated rings. The predicted octanol–water partition coefficient (Wildman–Crippen LogP) is 3.57. The van der Waals surface area contributed by atoms with E-state index in [0.717, 1.165) is 16.3 Å². The average molecular weight is 262 g/mol. The Morgan fingerprint density at radius 3 is 2.70 bits per heavy atom. The fourth-order valence-electron chi connectivity index (χ4n) is 2.67. The summed E-state index contributed by atoms with van der Waals surface area (Å²) in [6.45, 7) is 0. The van der Waals surface area contributed by atoms with Gasteiger partial charge in [-0.1, -0.05) is 36.4 Å². The lowest BCUT2D eigenvalue weighted by Crippen LogP contribution is -2.01. The van der Waals surface area contributed by atoms with Crippen molar-refractivity contribution in [3.63, 3.8) is 0 Å². The lowest BCUT2D eigenvalue weighted by atomic mass is 10.0. The molecule has 4 nitrogen and oxygen atoms in total. The van der Waals surface area contributed by atoms with Crippen LogP contribution in [0.4, 0.5) is 0 Å². The number of carbonyl (C=O) groups is 1. The maximum absolute atomic E-state index is 11.0. The summed E-state index contributed by atoms with van der Waals surface area (Å²) in [6.07, 6.45) is 1.43. The van der Waals surface area contributed by atoms with Gasteiger partial charge in [0.2, 0.25) is 0 Å². The third-order valence-corrected chi connectivity index (χ3v) is 3.61. The average Bonchev–Trinajstić information content (AvgIpc) is 2.94. The second kappa shape index (κ2) is 3.81. The first-order chi connectivity index (χ1) is 9.74. The van der Waals surface area contributed by atoms with E-state index in [1.165, 1.54) is 17.0 Å². The van der Waals surface area contributed by atoms with Crippen molar-refractivity contribution in [3.8, 4) is 0 Å². The number of aromatic amines is 1. The molecule has 4 heteroatoms. The van der Waals surface area contributed by atoms with Gasteiger partial charge in [0.05, 0.1) is 11.0 Å². The van der Waals surface area contributed by atoms with Crippen LogP contribution in [-0.4, -0.2) is 21.0 Å². The van der Waals surface area contributed by atoms with Crippen molar-refractivity contribution in [1.82, 2.24) is 9.97 Å². The minimum Gasteiger partial charge on any atom is -0.476 e. The zero-order valence-electron chi connectivity index (χ0n) is 10.4. The Hall–Kier alpha value is -2.88. The van der Waals surface area contributed by atoms with Gasteiger partial charge in [-0.15, -0.1) is 0 Å². The van der Waals surface area contributed by atoms with Gasteiger partial charge in [-0.25, -0.2) is 9.78 Å². The minimum absolute atomic E-state index is 0.0197. The molecule has 0 spiro atoms. The minimum atomic E-state index is -1.03. The van der Waals surface area contributed by atoms with E-state index in [-0.39, 0.29) is 5.69 Å². The Bertz CT molecular complexity index is 986. The number of carboxylic acids is 1. The number of aromatic nitrogens is 2. The van der Waals surface area contributed by atoms with Gasteiger partial charge in [0.25, 0.3) is 0 Å². The van der Waals surface area contributed by atoms with Gasteiger partial charge in [0.15, 0.2) is 5.69 Å². The first-order valence-electron chi connectivity index (χ1n) is 6.27. The van der Waals surface area contributed by atoms with Crippen LogP contribution in [0, 0.1) is 0 Å². The summed E-state index contributed by atoms with van der Waals surface area (Å²) in [5, 5.41) is 13.6. The number of hydrogen-bond donors (Lipinski definition) is 2. The highest BCUT2D eigenvalue weighted by atomic mass is 16.4. The molecule has 2 N–H and O–H groups in total. The largest absolute Gasteiger partial charge is 0.476 e. The van der Waals surface area contributed by atoms with Crippen LogP contribution >= 0.6 is 0 Å². The van der Waals surface area contributed by atoms with Gasteiger partial charge in [-0.2, -0.15) is 0 Å². The van der Waals surface area contributed by atoms with Gasteiger partial charge in [0.1, 0.15) is 0 Å². The fourth-order valence-corrected chi connectivity index (χ4v) is 2.67. The number of H-pyrrole nitrogens is 1. The summed E-state index contributed by atoms with van der Waals surface area (Å²) >= 11 is 0. The van der Waals surface area contributed by atoms with Gasteiger partial charge in [-0.3, -0.25) is 0 Å². The molecule has 20 heavy (non-hydrogen) atoms. The second-order valence-electron chi connectivity index (χ2n) is 4.74. The molecule has 0 unspecified atom stereocenters. The van der Waals surface area contributed by atoms with Crippen LogP contribution in [0.1, 0.15) is 10.5 Å². The Morgan fingerprint density at radius 2 is 1.85 bits per heavy atom. The molecule has 1 aromatic heterocycles. The maximum atomic E-state index is 11.0. The molecule has 96 valence electrons. The van der Waals surface area contributed by atoms with Crippen LogP contribution in [0.5, 0.6) is 0 Å². The topological polar surface area (TPSA) is 66.0 Å².